The van der Waals surface area contributed by atoms with Crippen molar-refractivity contribution in [3.8, 4) is 0 Å². The summed E-state index contributed by atoms with van der Waals surface area (Å²) in [7, 11) is -3.51. The zero-order chi connectivity index (χ0) is 13.9. The molecule has 1 aromatic heterocycles. The Morgan fingerprint density at radius 1 is 1.21 bits per heavy atom. The molecule has 1 N–H and O–H groups in total. The van der Waals surface area contributed by atoms with E-state index in [1.165, 1.54) is 6.07 Å². The Balaban J connectivity index is 2.23. The van der Waals surface area contributed by atoms with Gasteiger partial charge in [0.15, 0.2) is 0 Å². The fourth-order valence-electron chi connectivity index (χ4n) is 1.76. The van der Waals surface area contributed by atoms with Crippen molar-refractivity contribution in [2.24, 2.45) is 0 Å². The molecule has 0 aliphatic rings. The van der Waals surface area contributed by atoms with Crippen molar-refractivity contribution in [3.63, 3.8) is 0 Å². The van der Waals surface area contributed by atoms with Crippen molar-refractivity contribution in [2.45, 2.75) is 23.6 Å². The van der Waals surface area contributed by atoms with Crippen molar-refractivity contribution >= 4 is 33.0 Å². The second kappa shape index (κ2) is 6.05. The van der Waals surface area contributed by atoms with E-state index < -0.39 is 10.0 Å². The maximum Gasteiger partial charge on any atom is 0.250 e. The number of hydrogen-bond donors (Lipinski definition) is 1. The lowest BCUT2D eigenvalue weighted by molar-refractivity contribution is 0.552. The molecule has 2 aromatic rings. The van der Waals surface area contributed by atoms with Gasteiger partial charge in [-0.15, -0.1) is 11.3 Å². The van der Waals surface area contributed by atoms with Crippen molar-refractivity contribution < 1.29 is 8.42 Å². The number of benzene rings is 1. The van der Waals surface area contributed by atoms with Crippen LogP contribution in [0.25, 0.3) is 0 Å². The van der Waals surface area contributed by atoms with Crippen LogP contribution in [0.3, 0.4) is 0 Å². The van der Waals surface area contributed by atoms with Gasteiger partial charge in [-0.2, -0.15) is 0 Å². The minimum atomic E-state index is -3.51. The van der Waals surface area contributed by atoms with Gasteiger partial charge in [0.1, 0.15) is 4.21 Å². The van der Waals surface area contributed by atoms with Gasteiger partial charge >= 0.3 is 0 Å². The van der Waals surface area contributed by atoms with E-state index in [1.54, 1.807) is 6.07 Å². The van der Waals surface area contributed by atoms with E-state index >= 15 is 0 Å². The second-order valence-electron chi connectivity index (χ2n) is 4.05. The van der Waals surface area contributed by atoms with Crippen molar-refractivity contribution in [1.82, 2.24) is 4.72 Å². The van der Waals surface area contributed by atoms with Gasteiger partial charge in [0.2, 0.25) is 0 Å². The van der Waals surface area contributed by atoms with Gasteiger partial charge in [0, 0.05) is 6.04 Å². The molecule has 1 heterocycles. The third kappa shape index (κ3) is 3.57. The molecular weight excluding hydrogens is 302 g/mol. The molecule has 0 aliphatic heterocycles. The molecule has 0 spiro atoms. The quantitative estimate of drug-likeness (QED) is 0.911. The Labute approximate surface area is 122 Å². The second-order valence-corrected chi connectivity index (χ2v) is 7.71. The van der Waals surface area contributed by atoms with Crippen molar-refractivity contribution in [2.75, 3.05) is 0 Å². The van der Waals surface area contributed by atoms with Crippen LogP contribution in [0.1, 0.15) is 24.9 Å². The summed E-state index contributed by atoms with van der Waals surface area (Å²) in [6, 6.07) is 12.4. The first kappa shape index (κ1) is 14.5. The lowest BCUT2D eigenvalue weighted by Crippen LogP contribution is -2.27. The molecule has 3 nitrogen and oxygen atoms in total. The van der Waals surface area contributed by atoms with Crippen LogP contribution in [0.2, 0.25) is 4.34 Å². The van der Waals surface area contributed by atoms with E-state index in [9.17, 15) is 8.42 Å². The maximum atomic E-state index is 12.2. The fraction of sp³-hybridized carbons (Fsp3) is 0.231. The van der Waals surface area contributed by atoms with Crippen LogP contribution < -0.4 is 4.72 Å². The van der Waals surface area contributed by atoms with Gasteiger partial charge in [-0.05, 0) is 24.1 Å². The van der Waals surface area contributed by atoms with E-state index in [1.807, 2.05) is 37.3 Å². The van der Waals surface area contributed by atoms with Crippen molar-refractivity contribution in [3.05, 3.63) is 52.4 Å². The molecule has 1 aromatic carbocycles. The maximum absolute atomic E-state index is 12.2. The number of sulfonamides is 1. The van der Waals surface area contributed by atoms with E-state index in [4.69, 9.17) is 11.6 Å². The molecule has 0 amide bonds. The molecule has 2 rings (SSSR count). The zero-order valence-corrected chi connectivity index (χ0v) is 12.7. The third-order valence-electron chi connectivity index (χ3n) is 2.72. The zero-order valence-electron chi connectivity index (χ0n) is 10.3. The van der Waals surface area contributed by atoms with Crippen LogP contribution in [0.15, 0.2) is 46.7 Å². The lowest BCUT2D eigenvalue weighted by Gasteiger charge is -2.16. The predicted molar refractivity (Wildman–Crippen MR) is 79.1 cm³/mol. The van der Waals surface area contributed by atoms with Crippen LogP contribution in [-0.4, -0.2) is 8.42 Å². The number of halogens is 1. The van der Waals surface area contributed by atoms with Gasteiger partial charge in [-0.3, -0.25) is 0 Å². The van der Waals surface area contributed by atoms with Crippen molar-refractivity contribution in [1.29, 1.82) is 0 Å². The summed E-state index contributed by atoms with van der Waals surface area (Å²) in [6.07, 6.45) is 0.683. The minimum absolute atomic E-state index is 0.230. The first-order valence-electron chi connectivity index (χ1n) is 5.85. The molecule has 1 atom stereocenters. The van der Waals surface area contributed by atoms with Gasteiger partial charge in [-0.1, -0.05) is 48.9 Å². The predicted octanol–water partition coefficient (Wildman–Crippen LogP) is 3.83. The largest absolute Gasteiger partial charge is 0.250 e. The van der Waals surface area contributed by atoms with Crippen LogP contribution in [0.5, 0.6) is 0 Å². The summed E-state index contributed by atoms with van der Waals surface area (Å²) >= 11 is 6.84. The normalized spacial score (nSPS) is 13.4. The highest BCUT2D eigenvalue weighted by Gasteiger charge is 2.21. The van der Waals surface area contributed by atoms with Gasteiger partial charge < -0.3 is 0 Å². The molecule has 0 fully saturated rings. The summed E-state index contributed by atoms with van der Waals surface area (Å²) in [5.74, 6) is 0. The summed E-state index contributed by atoms with van der Waals surface area (Å²) in [4.78, 5) is 0. The number of rotatable bonds is 5. The molecule has 0 saturated carbocycles. The molecular formula is C13H14ClNO2S2. The van der Waals surface area contributed by atoms with E-state index in [0.29, 0.717) is 10.8 Å². The number of nitrogens with one attached hydrogen (secondary N) is 1. The smallest absolute Gasteiger partial charge is 0.206 e. The Morgan fingerprint density at radius 3 is 2.42 bits per heavy atom. The Morgan fingerprint density at radius 2 is 1.89 bits per heavy atom. The summed E-state index contributed by atoms with van der Waals surface area (Å²) < 4.78 is 27.9. The van der Waals surface area contributed by atoms with Gasteiger partial charge in [0.25, 0.3) is 10.0 Å². The molecule has 102 valence electrons. The van der Waals surface area contributed by atoms with Crippen LogP contribution in [0.4, 0.5) is 0 Å². The topological polar surface area (TPSA) is 46.2 Å². The number of hydrogen-bond acceptors (Lipinski definition) is 3. The molecule has 6 heteroatoms. The van der Waals surface area contributed by atoms with Crippen LogP contribution in [0, 0.1) is 0 Å². The fourth-order valence-corrected chi connectivity index (χ4v) is 4.57. The summed E-state index contributed by atoms with van der Waals surface area (Å²) in [6.45, 7) is 1.95. The average molecular weight is 316 g/mol. The van der Waals surface area contributed by atoms with E-state index in [0.717, 1.165) is 16.9 Å². The molecule has 0 aliphatic carbocycles. The lowest BCUT2D eigenvalue weighted by atomic mass is 10.1. The van der Waals surface area contributed by atoms with E-state index in [2.05, 4.69) is 4.72 Å². The van der Waals surface area contributed by atoms with Gasteiger partial charge in [0.05, 0.1) is 4.34 Å². The highest BCUT2D eigenvalue weighted by molar-refractivity contribution is 7.91. The van der Waals surface area contributed by atoms with E-state index in [-0.39, 0.29) is 10.3 Å². The molecule has 0 bridgehead atoms. The monoisotopic (exact) mass is 315 g/mol. The standard InChI is InChI=1S/C13H14ClNO2S2/c1-2-11(10-6-4-3-5-7-10)15-19(16,17)13-9-8-12(14)18-13/h3-9,11,15H,2H2,1H3/t11-/m0/s1. The Bertz CT molecular complexity index is 638. The molecule has 0 saturated heterocycles. The Hall–Kier alpha value is -0.880. The molecule has 0 radical (unpaired) electrons. The average Bonchev–Trinajstić information content (AvgIpc) is 2.85. The highest BCUT2D eigenvalue weighted by Crippen LogP contribution is 2.27. The molecule has 0 unspecified atom stereocenters. The van der Waals surface area contributed by atoms with Crippen LogP contribution >= 0.6 is 22.9 Å². The summed E-state index contributed by atoms with van der Waals surface area (Å²) in [5.41, 5.74) is 0.955. The third-order valence-corrected chi connectivity index (χ3v) is 5.92. The Kier molecular flexibility index (Phi) is 4.62. The van der Waals surface area contributed by atoms with Crippen LogP contribution in [-0.2, 0) is 10.0 Å². The summed E-state index contributed by atoms with van der Waals surface area (Å²) in [5, 5.41) is 0. The van der Waals surface area contributed by atoms with Gasteiger partial charge in [-0.25, -0.2) is 13.1 Å². The minimum Gasteiger partial charge on any atom is -0.206 e. The highest BCUT2D eigenvalue weighted by atomic mass is 35.5. The first-order chi connectivity index (χ1) is 9.03. The molecule has 19 heavy (non-hydrogen) atoms. The number of thiophene rings is 1. The first-order valence-corrected chi connectivity index (χ1v) is 8.53. The SMILES string of the molecule is CC[C@H](NS(=O)(=O)c1ccc(Cl)s1)c1ccccc1.